The topological polar surface area (TPSA) is 30.7 Å². The third-order valence-corrected chi connectivity index (χ3v) is 2.91. The average Bonchev–Trinajstić information content (AvgIpc) is 2.66. The molecule has 1 aromatic heterocycles. The predicted octanol–water partition coefficient (Wildman–Crippen LogP) is 3.39. The highest BCUT2D eigenvalue weighted by molar-refractivity contribution is 9.10. The van der Waals surface area contributed by atoms with Gasteiger partial charge in [-0.05, 0) is 24.6 Å². The van der Waals surface area contributed by atoms with Crippen LogP contribution in [0.3, 0.4) is 0 Å². The van der Waals surface area contributed by atoms with Gasteiger partial charge in [-0.1, -0.05) is 33.3 Å². The molecule has 2 aromatic rings. The molecule has 1 atom stereocenters. The van der Waals surface area contributed by atoms with E-state index in [1.807, 2.05) is 25.3 Å². The molecule has 0 bridgehead atoms. The van der Waals surface area contributed by atoms with Crippen molar-refractivity contribution in [1.29, 1.82) is 0 Å². The summed E-state index contributed by atoms with van der Waals surface area (Å²) in [5.41, 5.74) is 1.98. The maximum Gasteiger partial charge on any atom is 0.100 e. The van der Waals surface area contributed by atoms with Crippen LogP contribution in [0.15, 0.2) is 34.9 Å². The van der Waals surface area contributed by atoms with Crippen LogP contribution in [0, 0.1) is 0 Å². The first-order valence-corrected chi connectivity index (χ1v) is 6.16. The number of alkyl halides is 1. The van der Waals surface area contributed by atoms with Gasteiger partial charge in [-0.15, -0.1) is 16.7 Å². The van der Waals surface area contributed by atoms with Crippen molar-refractivity contribution in [3.8, 4) is 0 Å². The summed E-state index contributed by atoms with van der Waals surface area (Å²) in [6.45, 7) is 2.59. The van der Waals surface area contributed by atoms with Gasteiger partial charge in [-0.2, -0.15) is 0 Å². The fourth-order valence-electron chi connectivity index (χ4n) is 1.40. The smallest absolute Gasteiger partial charge is 0.100 e. The minimum atomic E-state index is -0.101. The highest BCUT2D eigenvalue weighted by Crippen LogP contribution is 2.16. The van der Waals surface area contributed by atoms with Crippen molar-refractivity contribution in [1.82, 2.24) is 15.0 Å². The van der Waals surface area contributed by atoms with Crippen LogP contribution < -0.4 is 0 Å². The molecule has 0 saturated heterocycles. The molecular formula is C11H11BrClN3. The summed E-state index contributed by atoms with van der Waals surface area (Å²) in [7, 11) is 0. The van der Waals surface area contributed by atoms with Crippen LogP contribution in [0.1, 0.15) is 23.6 Å². The summed E-state index contributed by atoms with van der Waals surface area (Å²) in [5.74, 6) is 0. The Labute approximate surface area is 108 Å². The molecule has 0 fully saturated rings. The molecular weight excluding hydrogens is 289 g/mol. The van der Waals surface area contributed by atoms with Gasteiger partial charge in [0.15, 0.2) is 0 Å². The lowest BCUT2D eigenvalue weighted by atomic mass is 10.2. The van der Waals surface area contributed by atoms with Crippen LogP contribution in [-0.2, 0) is 6.54 Å². The van der Waals surface area contributed by atoms with Crippen LogP contribution in [0.4, 0.5) is 0 Å². The number of halogens is 2. The fraction of sp³-hybridized carbons (Fsp3) is 0.273. The lowest BCUT2D eigenvalue weighted by molar-refractivity contribution is 0.649. The van der Waals surface area contributed by atoms with Crippen LogP contribution in [0.25, 0.3) is 0 Å². The van der Waals surface area contributed by atoms with Gasteiger partial charge in [0.1, 0.15) is 5.69 Å². The summed E-state index contributed by atoms with van der Waals surface area (Å²) in [4.78, 5) is 0. The second-order valence-corrected chi connectivity index (χ2v) is 5.16. The average molecular weight is 301 g/mol. The molecule has 1 unspecified atom stereocenters. The van der Waals surface area contributed by atoms with E-state index < -0.39 is 0 Å². The van der Waals surface area contributed by atoms with E-state index in [1.165, 1.54) is 5.56 Å². The van der Waals surface area contributed by atoms with Gasteiger partial charge in [0.05, 0.1) is 18.1 Å². The molecule has 0 spiro atoms. The molecule has 0 radical (unpaired) electrons. The normalized spacial score (nSPS) is 12.7. The molecule has 0 aliphatic heterocycles. The van der Waals surface area contributed by atoms with Gasteiger partial charge < -0.3 is 0 Å². The molecule has 0 amide bonds. The number of hydrogen-bond donors (Lipinski definition) is 0. The second kappa shape index (κ2) is 4.97. The summed E-state index contributed by atoms with van der Waals surface area (Å²) >= 11 is 9.36. The highest BCUT2D eigenvalue weighted by Gasteiger charge is 2.06. The van der Waals surface area contributed by atoms with Crippen molar-refractivity contribution in [3.05, 3.63) is 46.2 Å². The Hall–Kier alpha value is -0.870. The van der Waals surface area contributed by atoms with E-state index in [2.05, 4.69) is 38.4 Å². The summed E-state index contributed by atoms with van der Waals surface area (Å²) < 4.78 is 2.85. The molecule has 1 heterocycles. The second-order valence-electron chi connectivity index (χ2n) is 3.59. The zero-order chi connectivity index (χ0) is 11.5. The Morgan fingerprint density at radius 1 is 1.50 bits per heavy atom. The van der Waals surface area contributed by atoms with Crippen molar-refractivity contribution in [2.45, 2.75) is 18.8 Å². The molecule has 0 aliphatic rings. The summed E-state index contributed by atoms with van der Waals surface area (Å²) in [6.07, 6.45) is 1.87. The van der Waals surface area contributed by atoms with Crippen molar-refractivity contribution in [2.75, 3.05) is 0 Å². The quantitative estimate of drug-likeness (QED) is 0.814. The maximum atomic E-state index is 5.92. The van der Waals surface area contributed by atoms with Gasteiger partial charge >= 0.3 is 0 Å². The van der Waals surface area contributed by atoms with Crippen molar-refractivity contribution in [2.24, 2.45) is 0 Å². The van der Waals surface area contributed by atoms with Gasteiger partial charge in [-0.3, -0.25) is 0 Å². The molecule has 3 nitrogen and oxygen atoms in total. The van der Waals surface area contributed by atoms with Gasteiger partial charge in [0, 0.05) is 4.47 Å². The first kappa shape index (κ1) is 11.6. The summed E-state index contributed by atoms with van der Waals surface area (Å²) in [6, 6.07) is 8.11. The Bertz CT molecular complexity index is 482. The highest BCUT2D eigenvalue weighted by atomic mass is 79.9. The van der Waals surface area contributed by atoms with Crippen LogP contribution >= 0.6 is 27.5 Å². The molecule has 0 N–H and O–H groups in total. The molecule has 84 valence electrons. The fourth-order valence-corrected chi connectivity index (χ4v) is 1.94. The third kappa shape index (κ3) is 2.83. The zero-order valence-corrected chi connectivity index (χ0v) is 11.1. The van der Waals surface area contributed by atoms with E-state index in [0.717, 1.165) is 10.2 Å². The SMILES string of the molecule is CC(Cl)c1cn(Cc2cccc(Br)c2)nn1. The molecule has 0 aliphatic carbocycles. The maximum absolute atomic E-state index is 5.92. The Balaban J connectivity index is 2.14. The van der Waals surface area contributed by atoms with E-state index >= 15 is 0 Å². The first-order valence-electron chi connectivity index (χ1n) is 4.93. The largest absolute Gasteiger partial charge is 0.248 e. The minimum absolute atomic E-state index is 0.101. The molecule has 16 heavy (non-hydrogen) atoms. The molecule has 2 rings (SSSR count). The number of hydrogen-bond acceptors (Lipinski definition) is 2. The number of benzene rings is 1. The van der Waals surface area contributed by atoms with E-state index in [0.29, 0.717) is 6.54 Å². The minimum Gasteiger partial charge on any atom is -0.248 e. The summed E-state index contributed by atoms with van der Waals surface area (Å²) in [5, 5.41) is 7.93. The van der Waals surface area contributed by atoms with Gasteiger partial charge in [-0.25, -0.2) is 4.68 Å². The Morgan fingerprint density at radius 2 is 2.31 bits per heavy atom. The van der Waals surface area contributed by atoms with Crippen LogP contribution in [0.5, 0.6) is 0 Å². The van der Waals surface area contributed by atoms with E-state index in [-0.39, 0.29) is 5.38 Å². The monoisotopic (exact) mass is 299 g/mol. The lowest BCUT2D eigenvalue weighted by Crippen LogP contribution is -2.00. The lowest BCUT2D eigenvalue weighted by Gasteiger charge is -2.01. The van der Waals surface area contributed by atoms with Crippen molar-refractivity contribution < 1.29 is 0 Å². The zero-order valence-electron chi connectivity index (χ0n) is 8.77. The van der Waals surface area contributed by atoms with Crippen LogP contribution in [0.2, 0.25) is 0 Å². The molecule has 5 heteroatoms. The van der Waals surface area contributed by atoms with E-state index in [4.69, 9.17) is 11.6 Å². The van der Waals surface area contributed by atoms with E-state index in [1.54, 1.807) is 4.68 Å². The third-order valence-electron chi connectivity index (χ3n) is 2.20. The van der Waals surface area contributed by atoms with Crippen molar-refractivity contribution in [3.63, 3.8) is 0 Å². The number of aromatic nitrogens is 3. The number of rotatable bonds is 3. The standard InChI is InChI=1S/C11H11BrClN3/c1-8(13)11-7-16(15-14-11)6-9-3-2-4-10(12)5-9/h2-5,7-8H,6H2,1H3. The van der Waals surface area contributed by atoms with Crippen LogP contribution in [-0.4, -0.2) is 15.0 Å². The first-order chi connectivity index (χ1) is 7.65. The van der Waals surface area contributed by atoms with Gasteiger partial charge in [0.2, 0.25) is 0 Å². The predicted molar refractivity (Wildman–Crippen MR) is 67.5 cm³/mol. The molecule has 1 aromatic carbocycles. The Morgan fingerprint density at radius 3 is 2.94 bits per heavy atom. The van der Waals surface area contributed by atoms with Gasteiger partial charge in [0.25, 0.3) is 0 Å². The number of nitrogens with zero attached hydrogens (tertiary/aromatic N) is 3. The van der Waals surface area contributed by atoms with Crippen molar-refractivity contribution >= 4 is 27.5 Å². The Kier molecular flexibility index (Phi) is 3.61. The molecule has 0 saturated carbocycles. The van der Waals surface area contributed by atoms with E-state index in [9.17, 15) is 0 Å².